The van der Waals surface area contributed by atoms with Gasteiger partial charge in [-0.1, -0.05) is 32.3 Å². The average molecular weight is 544 g/mol. The number of halogens is 13. The highest BCUT2D eigenvalue weighted by atomic mass is 19.4. The van der Waals surface area contributed by atoms with E-state index in [2.05, 4.69) is 6.58 Å². The first kappa shape index (κ1) is 33.3. The van der Waals surface area contributed by atoms with E-state index in [9.17, 15) is 61.9 Å². The van der Waals surface area contributed by atoms with Gasteiger partial charge in [0.2, 0.25) is 0 Å². The Balaban J connectivity index is 4.91. The van der Waals surface area contributed by atoms with E-state index < -0.39 is 67.4 Å². The van der Waals surface area contributed by atoms with Gasteiger partial charge in [-0.15, -0.1) is 0 Å². The molecule has 0 unspecified atom stereocenters. The fraction of sp³-hybridized carbons (Fsp3) is 0.850. The minimum Gasteiger partial charge on any atom is -0.462 e. The van der Waals surface area contributed by atoms with Crippen LogP contribution in [0.1, 0.15) is 64.7 Å². The molecule has 0 amide bonds. The summed E-state index contributed by atoms with van der Waals surface area (Å²) in [5.74, 6) is -34.4. The van der Waals surface area contributed by atoms with Crippen molar-refractivity contribution in [3.8, 4) is 0 Å². The molecule has 0 heterocycles. The molecule has 0 aromatic heterocycles. The topological polar surface area (TPSA) is 26.3 Å². The summed E-state index contributed by atoms with van der Waals surface area (Å²) >= 11 is 0. The fourth-order valence-corrected chi connectivity index (χ4v) is 2.71. The second-order valence-corrected chi connectivity index (χ2v) is 8.03. The Morgan fingerprint density at radius 1 is 0.600 bits per heavy atom. The molecule has 0 fully saturated rings. The van der Waals surface area contributed by atoms with Crippen LogP contribution in [-0.2, 0) is 9.53 Å². The fourth-order valence-electron chi connectivity index (χ4n) is 2.71. The van der Waals surface area contributed by atoms with Crippen LogP contribution >= 0.6 is 0 Å². The molecule has 35 heavy (non-hydrogen) atoms. The summed E-state index contributed by atoms with van der Waals surface area (Å²) < 4.78 is 177. The van der Waals surface area contributed by atoms with Crippen LogP contribution in [0.15, 0.2) is 12.2 Å². The molecule has 15 heteroatoms. The van der Waals surface area contributed by atoms with Gasteiger partial charge in [0.05, 0.1) is 6.61 Å². The molecular formula is C20H25F13O2. The van der Waals surface area contributed by atoms with Gasteiger partial charge in [0.1, 0.15) is 0 Å². The number of hydrogen-bond acceptors (Lipinski definition) is 2. The van der Waals surface area contributed by atoms with Crippen molar-refractivity contribution in [3.05, 3.63) is 12.2 Å². The summed E-state index contributed by atoms with van der Waals surface area (Å²) in [6.07, 6.45) is -13.2. The van der Waals surface area contributed by atoms with E-state index in [-0.39, 0.29) is 25.0 Å². The minimum absolute atomic E-state index is 0.0207. The smallest absolute Gasteiger partial charge is 0.389 e. The van der Waals surface area contributed by atoms with E-state index in [4.69, 9.17) is 4.74 Å². The molecule has 0 bridgehead atoms. The maximum atomic E-state index is 13.8. The minimum atomic E-state index is -7.36. The summed E-state index contributed by atoms with van der Waals surface area (Å²) in [6.45, 7) is 4.78. The third-order valence-electron chi connectivity index (χ3n) is 4.90. The van der Waals surface area contributed by atoms with Crippen LogP contribution < -0.4 is 0 Å². The van der Waals surface area contributed by atoms with Crippen molar-refractivity contribution in [1.29, 1.82) is 0 Å². The van der Waals surface area contributed by atoms with Crippen LogP contribution in [0.4, 0.5) is 57.1 Å². The summed E-state index contributed by atoms with van der Waals surface area (Å²) in [7, 11) is 0. The molecule has 0 aromatic rings. The highest BCUT2D eigenvalue weighted by Crippen LogP contribution is 2.59. The highest BCUT2D eigenvalue weighted by Gasteiger charge is 2.85. The number of carbonyl (C=O) groups excluding carboxylic acids is 1. The molecule has 0 atom stereocenters. The van der Waals surface area contributed by atoms with Crippen molar-refractivity contribution < 1.29 is 66.6 Å². The third kappa shape index (κ3) is 8.72. The summed E-state index contributed by atoms with van der Waals surface area (Å²) in [5, 5.41) is 0. The van der Waals surface area contributed by atoms with E-state index in [1.165, 1.54) is 6.92 Å². The molecule has 0 rings (SSSR count). The first-order valence-electron chi connectivity index (χ1n) is 10.3. The zero-order valence-electron chi connectivity index (χ0n) is 18.5. The van der Waals surface area contributed by atoms with Gasteiger partial charge in [-0.2, -0.15) is 57.1 Å². The number of unbranched alkanes of at least 4 members (excludes halogenated alkanes) is 5. The van der Waals surface area contributed by atoms with Gasteiger partial charge in [-0.05, 0) is 19.8 Å². The lowest BCUT2D eigenvalue weighted by Gasteiger charge is -2.39. The number of hydrogen-bond donors (Lipinski definition) is 0. The van der Waals surface area contributed by atoms with Gasteiger partial charge in [-0.25, -0.2) is 4.79 Å². The number of ether oxygens (including phenoxy) is 1. The largest absolute Gasteiger partial charge is 0.462 e. The Morgan fingerprint density at radius 3 is 1.43 bits per heavy atom. The Morgan fingerprint density at radius 2 is 1.00 bits per heavy atom. The van der Waals surface area contributed by atoms with Crippen molar-refractivity contribution in [2.45, 2.75) is 101 Å². The third-order valence-corrected chi connectivity index (χ3v) is 4.90. The Kier molecular flexibility index (Phi) is 11.4. The number of esters is 1. The standard InChI is InChI=1S/C20H25F13O2/c1-13(2)14(34)35-12-8-6-4-3-5-7-9-15(21,22)18(28,29)20(32,33)19(30,31)16(23,24)10-11-17(25,26)27/h1,3-12H2,2H3. The van der Waals surface area contributed by atoms with Gasteiger partial charge >= 0.3 is 41.8 Å². The monoisotopic (exact) mass is 544 g/mol. The van der Waals surface area contributed by atoms with Gasteiger partial charge in [-0.3, -0.25) is 0 Å². The molecule has 0 aliphatic rings. The van der Waals surface area contributed by atoms with Gasteiger partial charge < -0.3 is 4.74 Å². The van der Waals surface area contributed by atoms with Crippen LogP contribution in [-0.4, -0.2) is 48.4 Å². The maximum Gasteiger partial charge on any atom is 0.389 e. The Hall–Kier alpha value is -1.70. The predicted octanol–water partition coefficient (Wildman–Crippen LogP) is 8.36. The zero-order chi connectivity index (χ0) is 27.9. The lowest BCUT2D eigenvalue weighted by atomic mass is 9.90. The van der Waals surface area contributed by atoms with E-state index in [0.717, 1.165) is 0 Å². The molecule has 0 radical (unpaired) electrons. The van der Waals surface area contributed by atoms with Crippen molar-refractivity contribution in [2.24, 2.45) is 0 Å². The van der Waals surface area contributed by atoms with Crippen molar-refractivity contribution >= 4 is 5.97 Å². The molecule has 0 aromatic carbocycles. The van der Waals surface area contributed by atoms with Gasteiger partial charge in [0.15, 0.2) is 0 Å². The lowest BCUT2D eigenvalue weighted by Crippen LogP contribution is -2.67. The summed E-state index contributed by atoms with van der Waals surface area (Å²) in [4.78, 5) is 11.1. The van der Waals surface area contributed by atoms with Crippen LogP contribution in [0.25, 0.3) is 0 Å². The SMILES string of the molecule is C=C(C)C(=O)OCCCCCCCCC(F)(F)C(F)(F)C(F)(F)C(F)(F)C(F)(F)CCC(F)(F)F. The predicted molar refractivity (Wildman–Crippen MR) is 98.1 cm³/mol. The van der Waals surface area contributed by atoms with Crippen LogP contribution in [0.3, 0.4) is 0 Å². The molecule has 2 nitrogen and oxygen atoms in total. The average Bonchev–Trinajstić information content (AvgIpc) is 2.69. The number of carbonyl (C=O) groups is 1. The van der Waals surface area contributed by atoms with E-state index in [0.29, 0.717) is 19.3 Å². The van der Waals surface area contributed by atoms with Gasteiger partial charge in [0.25, 0.3) is 0 Å². The number of alkyl halides is 13. The van der Waals surface area contributed by atoms with Crippen LogP contribution in [0.2, 0.25) is 0 Å². The lowest BCUT2D eigenvalue weighted by molar-refractivity contribution is -0.403. The molecule has 0 aliphatic carbocycles. The van der Waals surface area contributed by atoms with Crippen LogP contribution in [0.5, 0.6) is 0 Å². The van der Waals surface area contributed by atoms with Crippen molar-refractivity contribution in [1.82, 2.24) is 0 Å². The molecule has 0 saturated heterocycles. The molecule has 208 valence electrons. The molecular weight excluding hydrogens is 519 g/mol. The molecule has 0 saturated carbocycles. The quantitative estimate of drug-likeness (QED) is 0.0845. The van der Waals surface area contributed by atoms with E-state index in [1.807, 2.05) is 0 Å². The van der Waals surface area contributed by atoms with Crippen molar-refractivity contribution in [3.63, 3.8) is 0 Å². The molecule has 0 N–H and O–H groups in total. The first-order chi connectivity index (χ1) is 15.5. The maximum absolute atomic E-state index is 13.8. The molecule has 0 spiro atoms. The van der Waals surface area contributed by atoms with Crippen molar-refractivity contribution in [2.75, 3.05) is 6.61 Å². The van der Waals surface area contributed by atoms with E-state index >= 15 is 0 Å². The van der Waals surface area contributed by atoms with Gasteiger partial charge in [0, 0.05) is 24.8 Å². The number of rotatable bonds is 16. The van der Waals surface area contributed by atoms with Crippen LogP contribution in [0, 0.1) is 0 Å². The zero-order valence-corrected chi connectivity index (χ0v) is 18.5. The Bertz CT molecular complexity index is 700. The second-order valence-electron chi connectivity index (χ2n) is 8.03. The first-order valence-corrected chi connectivity index (χ1v) is 10.3. The second kappa shape index (κ2) is 12.0. The molecule has 0 aliphatic heterocycles. The normalized spacial score (nSPS) is 14.2. The van der Waals surface area contributed by atoms with E-state index in [1.54, 1.807) is 0 Å². The Labute approximate surface area is 192 Å². The highest BCUT2D eigenvalue weighted by molar-refractivity contribution is 5.86. The summed E-state index contributed by atoms with van der Waals surface area (Å²) in [6, 6.07) is 0. The summed E-state index contributed by atoms with van der Waals surface area (Å²) in [5.41, 5.74) is 0.163.